The maximum atomic E-state index is 11.0. The quantitative estimate of drug-likeness (QED) is 0.662. The molecule has 1 unspecified atom stereocenters. The molecule has 2 aromatic heterocycles. The summed E-state index contributed by atoms with van der Waals surface area (Å²) in [6, 6.07) is 16.3. The third-order valence-electron chi connectivity index (χ3n) is 4.40. The summed E-state index contributed by atoms with van der Waals surface area (Å²) in [6.07, 6.45) is 3.45. The Morgan fingerprint density at radius 2 is 2.00 bits per heavy atom. The number of carboxylic acid groups (broad SMARTS) is 1. The van der Waals surface area contributed by atoms with Crippen molar-refractivity contribution in [2.24, 2.45) is 0 Å². The van der Waals surface area contributed by atoms with Crippen molar-refractivity contribution in [2.45, 2.75) is 38.8 Å². The van der Waals surface area contributed by atoms with Gasteiger partial charge in [-0.05, 0) is 37.5 Å². The third kappa shape index (κ3) is 4.45. The van der Waals surface area contributed by atoms with Gasteiger partial charge in [0, 0.05) is 24.7 Å². The van der Waals surface area contributed by atoms with Crippen LogP contribution in [-0.4, -0.2) is 26.5 Å². The Morgan fingerprint density at radius 1 is 1.20 bits per heavy atom. The first-order chi connectivity index (χ1) is 12.1. The zero-order valence-electron chi connectivity index (χ0n) is 14.4. The average Bonchev–Trinajstić information content (AvgIpc) is 3.03. The first-order valence-electron chi connectivity index (χ1n) is 8.54. The molecule has 2 heterocycles. The van der Waals surface area contributed by atoms with E-state index in [1.165, 1.54) is 5.56 Å². The lowest BCUT2D eigenvalue weighted by atomic mass is 10.0. The summed E-state index contributed by atoms with van der Waals surface area (Å²) in [5.41, 5.74) is 4.36. The predicted molar refractivity (Wildman–Crippen MR) is 97.6 cm³/mol. The summed E-state index contributed by atoms with van der Waals surface area (Å²) in [5, 5.41) is 12.5. The van der Waals surface area contributed by atoms with Gasteiger partial charge in [-0.2, -0.15) is 0 Å². The van der Waals surface area contributed by atoms with E-state index in [1.807, 2.05) is 36.5 Å². The fourth-order valence-electron chi connectivity index (χ4n) is 3.12. The van der Waals surface area contributed by atoms with Crippen LogP contribution in [0, 0.1) is 6.92 Å². The van der Waals surface area contributed by atoms with E-state index in [4.69, 9.17) is 5.11 Å². The molecular weight excluding hydrogens is 314 g/mol. The molecule has 130 valence electrons. The number of aromatic nitrogens is 2. The number of pyridine rings is 1. The highest BCUT2D eigenvalue weighted by Gasteiger charge is 2.13. The summed E-state index contributed by atoms with van der Waals surface area (Å²) in [4.78, 5) is 15.4. The molecule has 0 aliphatic rings. The minimum Gasteiger partial charge on any atom is -0.481 e. The first kappa shape index (κ1) is 17.2. The summed E-state index contributed by atoms with van der Waals surface area (Å²) < 4.78 is 2.13. The number of aryl methyl sites for hydroxylation is 1. The van der Waals surface area contributed by atoms with Gasteiger partial charge in [-0.25, -0.2) is 4.98 Å². The second-order valence-corrected chi connectivity index (χ2v) is 6.31. The van der Waals surface area contributed by atoms with Crippen molar-refractivity contribution in [3.05, 3.63) is 71.7 Å². The molecule has 0 spiro atoms. The van der Waals surface area contributed by atoms with E-state index in [2.05, 4.69) is 39.8 Å². The molecule has 0 bridgehead atoms. The molecule has 3 aromatic rings. The van der Waals surface area contributed by atoms with Crippen LogP contribution in [0.3, 0.4) is 0 Å². The highest BCUT2D eigenvalue weighted by molar-refractivity contribution is 5.66. The Labute approximate surface area is 147 Å². The lowest BCUT2D eigenvalue weighted by molar-refractivity contribution is -0.137. The molecule has 0 saturated carbocycles. The molecule has 0 fully saturated rings. The summed E-state index contributed by atoms with van der Waals surface area (Å²) in [5.74, 6) is -0.759. The van der Waals surface area contributed by atoms with Crippen LogP contribution in [0.25, 0.3) is 5.65 Å². The van der Waals surface area contributed by atoms with Gasteiger partial charge in [0.2, 0.25) is 0 Å². The Hall–Kier alpha value is -2.66. The zero-order valence-corrected chi connectivity index (χ0v) is 14.4. The number of nitrogens with zero attached hydrogens (tertiary/aromatic N) is 2. The molecular formula is C20H23N3O2. The molecule has 0 aliphatic carbocycles. The normalized spacial score (nSPS) is 12.4. The first-order valence-corrected chi connectivity index (χ1v) is 8.54. The van der Waals surface area contributed by atoms with Crippen LogP contribution in [0.2, 0.25) is 0 Å². The Kier molecular flexibility index (Phi) is 5.46. The van der Waals surface area contributed by atoms with Crippen LogP contribution < -0.4 is 5.32 Å². The number of imidazole rings is 1. The van der Waals surface area contributed by atoms with Crippen molar-refractivity contribution in [1.82, 2.24) is 14.7 Å². The molecule has 25 heavy (non-hydrogen) atoms. The summed E-state index contributed by atoms with van der Waals surface area (Å²) in [7, 11) is 0. The molecule has 3 rings (SSSR count). The number of hydrogen-bond donors (Lipinski definition) is 2. The van der Waals surface area contributed by atoms with Crippen LogP contribution in [0.4, 0.5) is 0 Å². The number of hydrogen-bond acceptors (Lipinski definition) is 3. The fraction of sp³-hybridized carbons (Fsp3) is 0.300. The van der Waals surface area contributed by atoms with Gasteiger partial charge in [0.05, 0.1) is 11.9 Å². The smallest absolute Gasteiger partial charge is 0.303 e. The number of carbonyl (C=O) groups is 1. The van der Waals surface area contributed by atoms with Crippen LogP contribution in [0.5, 0.6) is 0 Å². The van der Waals surface area contributed by atoms with Gasteiger partial charge in [0.15, 0.2) is 0 Å². The van der Waals surface area contributed by atoms with E-state index in [9.17, 15) is 4.79 Å². The number of fused-ring (bicyclic) bond motifs is 1. The maximum Gasteiger partial charge on any atom is 0.303 e. The summed E-state index contributed by atoms with van der Waals surface area (Å²) >= 11 is 0. The van der Waals surface area contributed by atoms with Gasteiger partial charge >= 0.3 is 5.97 Å². The van der Waals surface area contributed by atoms with Gasteiger partial charge in [-0.3, -0.25) is 4.79 Å². The molecule has 5 heteroatoms. The number of nitrogens with one attached hydrogen (secondary N) is 1. The van der Waals surface area contributed by atoms with E-state index < -0.39 is 5.97 Å². The monoisotopic (exact) mass is 337 g/mol. The molecule has 0 amide bonds. The van der Waals surface area contributed by atoms with Gasteiger partial charge in [0.25, 0.3) is 0 Å². The molecule has 0 radical (unpaired) electrons. The SMILES string of the molecule is Cc1cccc2ncc(CNC(CCC(=O)O)Cc3ccccc3)n12. The lowest BCUT2D eigenvalue weighted by Gasteiger charge is -2.18. The number of rotatable bonds is 8. The Bertz CT molecular complexity index is 843. The van der Waals surface area contributed by atoms with Gasteiger partial charge < -0.3 is 14.8 Å². The van der Waals surface area contributed by atoms with E-state index in [1.54, 1.807) is 0 Å². The van der Waals surface area contributed by atoms with Crippen molar-refractivity contribution in [3.63, 3.8) is 0 Å². The minimum atomic E-state index is -0.759. The second kappa shape index (κ2) is 7.94. The predicted octanol–water partition coefficient (Wildman–Crippen LogP) is 3.21. The van der Waals surface area contributed by atoms with E-state index >= 15 is 0 Å². The van der Waals surface area contributed by atoms with Crippen molar-refractivity contribution >= 4 is 11.6 Å². The van der Waals surface area contributed by atoms with E-state index in [0.717, 1.165) is 23.5 Å². The molecule has 0 saturated heterocycles. The van der Waals surface area contributed by atoms with Crippen molar-refractivity contribution in [2.75, 3.05) is 0 Å². The third-order valence-corrected chi connectivity index (χ3v) is 4.40. The molecule has 1 aromatic carbocycles. The zero-order chi connectivity index (χ0) is 17.6. The largest absolute Gasteiger partial charge is 0.481 e. The topological polar surface area (TPSA) is 66.6 Å². The van der Waals surface area contributed by atoms with Crippen LogP contribution in [0.15, 0.2) is 54.7 Å². The van der Waals surface area contributed by atoms with Gasteiger partial charge in [-0.15, -0.1) is 0 Å². The van der Waals surface area contributed by atoms with E-state index in [-0.39, 0.29) is 12.5 Å². The minimum absolute atomic E-state index is 0.105. The standard InChI is InChI=1S/C20H23N3O2/c1-15-6-5-9-19-22-14-18(23(15)19)13-21-17(10-11-20(24)25)12-16-7-3-2-4-8-16/h2-9,14,17,21H,10-13H2,1H3,(H,24,25). The van der Waals surface area contributed by atoms with Gasteiger partial charge in [0.1, 0.15) is 5.65 Å². The highest BCUT2D eigenvalue weighted by Crippen LogP contribution is 2.12. The van der Waals surface area contributed by atoms with Crippen LogP contribution >= 0.6 is 0 Å². The summed E-state index contributed by atoms with van der Waals surface area (Å²) in [6.45, 7) is 2.72. The Balaban J connectivity index is 1.71. The van der Waals surface area contributed by atoms with Crippen molar-refractivity contribution in [1.29, 1.82) is 0 Å². The highest BCUT2D eigenvalue weighted by atomic mass is 16.4. The number of benzene rings is 1. The number of aliphatic carboxylic acids is 1. The van der Waals surface area contributed by atoms with E-state index in [0.29, 0.717) is 13.0 Å². The van der Waals surface area contributed by atoms with Crippen molar-refractivity contribution in [3.8, 4) is 0 Å². The van der Waals surface area contributed by atoms with Gasteiger partial charge in [-0.1, -0.05) is 36.4 Å². The molecule has 5 nitrogen and oxygen atoms in total. The second-order valence-electron chi connectivity index (χ2n) is 6.31. The maximum absolute atomic E-state index is 11.0. The van der Waals surface area contributed by atoms with Crippen LogP contribution in [-0.2, 0) is 17.8 Å². The fourth-order valence-corrected chi connectivity index (χ4v) is 3.12. The Morgan fingerprint density at radius 3 is 2.76 bits per heavy atom. The van der Waals surface area contributed by atoms with Crippen LogP contribution in [0.1, 0.15) is 29.8 Å². The number of carboxylic acids is 1. The molecule has 2 N–H and O–H groups in total. The molecule has 1 atom stereocenters. The molecule has 0 aliphatic heterocycles. The lowest BCUT2D eigenvalue weighted by Crippen LogP contribution is -2.32. The van der Waals surface area contributed by atoms with Crippen molar-refractivity contribution < 1.29 is 9.90 Å². The average molecular weight is 337 g/mol.